The SMILES string of the molecule is CC(Nc1ccn(C)n1)C(=O)NCc1ccco1. The fourth-order valence-corrected chi connectivity index (χ4v) is 1.52. The molecule has 18 heavy (non-hydrogen) atoms. The Morgan fingerprint density at radius 2 is 2.39 bits per heavy atom. The number of hydrogen-bond donors (Lipinski definition) is 2. The normalized spacial score (nSPS) is 12.1. The Labute approximate surface area is 105 Å². The van der Waals surface area contributed by atoms with E-state index in [1.807, 2.05) is 25.4 Å². The molecule has 96 valence electrons. The molecule has 0 fully saturated rings. The van der Waals surface area contributed by atoms with Crippen LogP contribution in [-0.2, 0) is 18.4 Å². The van der Waals surface area contributed by atoms with Gasteiger partial charge < -0.3 is 15.1 Å². The van der Waals surface area contributed by atoms with Crippen LogP contribution in [0.1, 0.15) is 12.7 Å². The zero-order valence-electron chi connectivity index (χ0n) is 10.4. The highest BCUT2D eigenvalue weighted by Crippen LogP contribution is 2.04. The van der Waals surface area contributed by atoms with Gasteiger partial charge in [-0.1, -0.05) is 0 Å². The average molecular weight is 248 g/mol. The van der Waals surface area contributed by atoms with Crippen molar-refractivity contribution >= 4 is 11.7 Å². The van der Waals surface area contributed by atoms with Gasteiger partial charge in [-0.15, -0.1) is 0 Å². The van der Waals surface area contributed by atoms with E-state index in [-0.39, 0.29) is 11.9 Å². The van der Waals surface area contributed by atoms with E-state index in [1.54, 1.807) is 23.9 Å². The zero-order valence-corrected chi connectivity index (χ0v) is 10.4. The van der Waals surface area contributed by atoms with Crippen LogP contribution in [-0.4, -0.2) is 21.7 Å². The minimum absolute atomic E-state index is 0.1000. The molecule has 0 aliphatic carbocycles. The minimum Gasteiger partial charge on any atom is -0.467 e. The van der Waals surface area contributed by atoms with Gasteiger partial charge in [0.15, 0.2) is 0 Å². The molecule has 0 saturated heterocycles. The van der Waals surface area contributed by atoms with Crippen molar-refractivity contribution in [2.24, 2.45) is 7.05 Å². The fraction of sp³-hybridized carbons (Fsp3) is 0.333. The maximum Gasteiger partial charge on any atom is 0.242 e. The van der Waals surface area contributed by atoms with Crippen molar-refractivity contribution in [3.8, 4) is 0 Å². The quantitative estimate of drug-likeness (QED) is 0.832. The van der Waals surface area contributed by atoms with Gasteiger partial charge in [-0.25, -0.2) is 0 Å². The molecular formula is C12H16N4O2. The molecule has 6 nitrogen and oxygen atoms in total. The summed E-state index contributed by atoms with van der Waals surface area (Å²) in [5.41, 5.74) is 0. The number of rotatable bonds is 5. The third-order valence-corrected chi connectivity index (χ3v) is 2.49. The summed E-state index contributed by atoms with van der Waals surface area (Å²) < 4.78 is 6.81. The van der Waals surface area contributed by atoms with E-state index in [1.165, 1.54) is 0 Å². The molecule has 0 aliphatic heterocycles. The predicted molar refractivity (Wildman–Crippen MR) is 66.8 cm³/mol. The summed E-state index contributed by atoms with van der Waals surface area (Å²) >= 11 is 0. The van der Waals surface area contributed by atoms with Crippen molar-refractivity contribution < 1.29 is 9.21 Å². The summed E-state index contributed by atoms with van der Waals surface area (Å²) in [6.45, 7) is 2.17. The van der Waals surface area contributed by atoms with E-state index < -0.39 is 0 Å². The Bertz CT molecular complexity index is 504. The molecule has 1 unspecified atom stereocenters. The number of furan rings is 1. The van der Waals surface area contributed by atoms with Gasteiger partial charge in [0.25, 0.3) is 0 Å². The molecule has 0 saturated carbocycles. The van der Waals surface area contributed by atoms with Crippen LogP contribution in [0.15, 0.2) is 35.1 Å². The predicted octanol–water partition coefficient (Wildman–Crippen LogP) is 1.13. The number of aryl methyl sites for hydroxylation is 1. The van der Waals surface area contributed by atoms with E-state index >= 15 is 0 Å². The second kappa shape index (κ2) is 5.39. The number of nitrogens with one attached hydrogen (secondary N) is 2. The van der Waals surface area contributed by atoms with Crippen LogP contribution >= 0.6 is 0 Å². The molecule has 1 amide bonds. The van der Waals surface area contributed by atoms with Gasteiger partial charge in [0.1, 0.15) is 17.6 Å². The second-order valence-corrected chi connectivity index (χ2v) is 4.04. The molecule has 0 aliphatic rings. The second-order valence-electron chi connectivity index (χ2n) is 4.04. The summed E-state index contributed by atoms with van der Waals surface area (Å²) in [6.07, 6.45) is 3.40. The van der Waals surface area contributed by atoms with Crippen LogP contribution in [0.3, 0.4) is 0 Å². The highest BCUT2D eigenvalue weighted by molar-refractivity contribution is 5.83. The average Bonchev–Trinajstić information content (AvgIpc) is 2.97. The maximum absolute atomic E-state index is 11.8. The molecule has 0 aromatic carbocycles. The van der Waals surface area contributed by atoms with Crippen molar-refractivity contribution in [1.29, 1.82) is 0 Å². The first-order valence-electron chi connectivity index (χ1n) is 5.71. The first-order valence-corrected chi connectivity index (χ1v) is 5.71. The van der Waals surface area contributed by atoms with Crippen molar-refractivity contribution in [2.45, 2.75) is 19.5 Å². The van der Waals surface area contributed by atoms with Crippen LogP contribution in [0.4, 0.5) is 5.82 Å². The number of aromatic nitrogens is 2. The third-order valence-electron chi connectivity index (χ3n) is 2.49. The minimum atomic E-state index is -0.352. The summed E-state index contributed by atoms with van der Waals surface area (Å²) in [5.74, 6) is 1.31. The maximum atomic E-state index is 11.8. The lowest BCUT2D eigenvalue weighted by Crippen LogP contribution is -2.37. The van der Waals surface area contributed by atoms with Crippen molar-refractivity contribution in [3.05, 3.63) is 36.4 Å². The zero-order chi connectivity index (χ0) is 13.0. The lowest BCUT2D eigenvalue weighted by atomic mass is 10.3. The van der Waals surface area contributed by atoms with E-state index in [0.717, 1.165) is 5.76 Å². The van der Waals surface area contributed by atoms with Crippen LogP contribution < -0.4 is 10.6 Å². The Morgan fingerprint density at radius 1 is 1.56 bits per heavy atom. The first-order chi connectivity index (χ1) is 8.65. The smallest absolute Gasteiger partial charge is 0.242 e. The molecule has 0 spiro atoms. The summed E-state index contributed by atoms with van der Waals surface area (Å²) in [5, 5.41) is 9.95. The van der Waals surface area contributed by atoms with Gasteiger partial charge in [0.2, 0.25) is 5.91 Å². The topological polar surface area (TPSA) is 72.1 Å². The number of carbonyl (C=O) groups is 1. The molecule has 1 atom stereocenters. The van der Waals surface area contributed by atoms with Gasteiger partial charge in [0.05, 0.1) is 12.8 Å². The Hall–Kier alpha value is -2.24. The van der Waals surface area contributed by atoms with Gasteiger partial charge in [-0.05, 0) is 19.1 Å². The standard InChI is InChI=1S/C12H16N4O2/c1-9(14-11-5-6-16(2)15-11)12(17)13-8-10-4-3-7-18-10/h3-7,9H,8H2,1-2H3,(H,13,17)(H,14,15). The van der Waals surface area contributed by atoms with Gasteiger partial charge >= 0.3 is 0 Å². The number of carbonyl (C=O) groups excluding carboxylic acids is 1. The number of anilines is 1. The van der Waals surface area contributed by atoms with E-state index in [4.69, 9.17) is 4.42 Å². The lowest BCUT2D eigenvalue weighted by Gasteiger charge is -2.12. The number of amides is 1. The Morgan fingerprint density at radius 3 is 3.00 bits per heavy atom. The molecular weight excluding hydrogens is 232 g/mol. The van der Waals surface area contributed by atoms with Crippen molar-refractivity contribution in [3.63, 3.8) is 0 Å². The highest BCUT2D eigenvalue weighted by Gasteiger charge is 2.13. The molecule has 2 aromatic rings. The van der Waals surface area contributed by atoms with E-state index in [9.17, 15) is 4.79 Å². The molecule has 2 aromatic heterocycles. The van der Waals surface area contributed by atoms with Crippen LogP contribution in [0, 0.1) is 0 Å². The Kier molecular flexibility index (Phi) is 3.66. The van der Waals surface area contributed by atoms with Crippen molar-refractivity contribution in [1.82, 2.24) is 15.1 Å². The Balaban J connectivity index is 1.81. The highest BCUT2D eigenvalue weighted by atomic mass is 16.3. The number of nitrogens with zero attached hydrogens (tertiary/aromatic N) is 2. The molecule has 0 radical (unpaired) electrons. The molecule has 0 bridgehead atoms. The summed E-state index contributed by atoms with van der Waals surface area (Å²) in [6, 6.07) is 5.07. The van der Waals surface area contributed by atoms with E-state index in [0.29, 0.717) is 12.4 Å². The van der Waals surface area contributed by atoms with Gasteiger partial charge in [-0.2, -0.15) is 5.10 Å². The van der Waals surface area contributed by atoms with Gasteiger partial charge in [-0.3, -0.25) is 9.48 Å². The fourth-order valence-electron chi connectivity index (χ4n) is 1.52. The molecule has 2 heterocycles. The largest absolute Gasteiger partial charge is 0.467 e. The van der Waals surface area contributed by atoms with Gasteiger partial charge in [0, 0.05) is 19.3 Å². The molecule has 6 heteroatoms. The summed E-state index contributed by atoms with van der Waals surface area (Å²) in [4.78, 5) is 11.8. The third kappa shape index (κ3) is 3.13. The monoisotopic (exact) mass is 248 g/mol. The molecule has 2 N–H and O–H groups in total. The van der Waals surface area contributed by atoms with E-state index in [2.05, 4.69) is 15.7 Å². The van der Waals surface area contributed by atoms with Crippen LogP contribution in [0.25, 0.3) is 0 Å². The lowest BCUT2D eigenvalue weighted by molar-refractivity contribution is -0.121. The van der Waals surface area contributed by atoms with Crippen molar-refractivity contribution in [2.75, 3.05) is 5.32 Å². The van der Waals surface area contributed by atoms with Crippen LogP contribution in [0.2, 0.25) is 0 Å². The first kappa shape index (κ1) is 12.2. The number of hydrogen-bond acceptors (Lipinski definition) is 4. The summed E-state index contributed by atoms with van der Waals surface area (Å²) in [7, 11) is 1.83. The molecule has 2 rings (SSSR count). The van der Waals surface area contributed by atoms with Crippen LogP contribution in [0.5, 0.6) is 0 Å².